The van der Waals surface area contributed by atoms with Gasteiger partial charge in [0.05, 0.1) is 29.3 Å². The van der Waals surface area contributed by atoms with Crippen LogP contribution in [0.1, 0.15) is 12.0 Å². The van der Waals surface area contributed by atoms with Gasteiger partial charge in [0.25, 0.3) is 0 Å². The lowest BCUT2D eigenvalue weighted by Gasteiger charge is -2.29. The molecule has 0 N–H and O–H groups in total. The Labute approximate surface area is 150 Å². The van der Waals surface area contributed by atoms with Gasteiger partial charge in [-0.2, -0.15) is 0 Å². The van der Waals surface area contributed by atoms with Gasteiger partial charge in [-0.3, -0.25) is 4.79 Å². The van der Waals surface area contributed by atoms with Gasteiger partial charge < -0.3 is 14.5 Å². The molecule has 2 aromatic rings. The summed E-state index contributed by atoms with van der Waals surface area (Å²) in [6, 6.07) is 3.92. The molecule has 1 aromatic carbocycles. The number of amides is 1. The zero-order valence-corrected chi connectivity index (χ0v) is 15.2. The number of morpholine rings is 1. The fourth-order valence-electron chi connectivity index (χ4n) is 3.46. The van der Waals surface area contributed by atoms with E-state index >= 15 is 0 Å². The number of nitrogens with zero attached hydrogens (tertiary/aromatic N) is 3. The molecule has 128 valence electrons. The highest BCUT2D eigenvalue weighted by atomic mass is 35.5. The average Bonchev–Trinajstić information content (AvgIpc) is 3.21. The first kappa shape index (κ1) is 16.1. The number of aromatic nitrogens is 1. The lowest BCUT2D eigenvalue weighted by atomic mass is 10.1. The Balaban J connectivity index is 1.50. The van der Waals surface area contributed by atoms with Gasteiger partial charge in [-0.25, -0.2) is 4.98 Å². The minimum Gasteiger partial charge on any atom is -0.378 e. The molecule has 2 aliphatic rings. The minimum absolute atomic E-state index is 0.0693. The summed E-state index contributed by atoms with van der Waals surface area (Å²) in [5.74, 6) is 0.334. The number of rotatable bonds is 2. The summed E-state index contributed by atoms with van der Waals surface area (Å²) in [6.45, 7) is 6.41. The Kier molecular flexibility index (Phi) is 4.37. The molecule has 7 heteroatoms. The Hall–Kier alpha value is -1.37. The van der Waals surface area contributed by atoms with Crippen molar-refractivity contribution in [2.45, 2.75) is 13.3 Å². The van der Waals surface area contributed by atoms with Crippen LogP contribution in [-0.2, 0) is 9.53 Å². The summed E-state index contributed by atoms with van der Waals surface area (Å²) in [6.07, 6.45) is 0.895. The predicted octanol–water partition coefficient (Wildman–Crippen LogP) is 2.94. The number of aryl methyl sites for hydroxylation is 1. The van der Waals surface area contributed by atoms with Gasteiger partial charge in [0.15, 0.2) is 5.13 Å². The molecule has 5 nitrogen and oxygen atoms in total. The zero-order valence-electron chi connectivity index (χ0n) is 13.6. The minimum atomic E-state index is 0.0693. The van der Waals surface area contributed by atoms with Crippen LogP contribution >= 0.6 is 22.9 Å². The van der Waals surface area contributed by atoms with Gasteiger partial charge in [0, 0.05) is 31.2 Å². The third-order valence-corrected chi connectivity index (χ3v) is 6.05. The predicted molar refractivity (Wildman–Crippen MR) is 97.1 cm³/mol. The summed E-state index contributed by atoms with van der Waals surface area (Å²) >= 11 is 7.81. The van der Waals surface area contributed by atoms with Crippen LogP contribution in [0.15, 0.2) is 12.1 Å². The van der Waals surface area contributed by atoms with Gasteiger partial charge in [-0.1, -0.05) is 22.9 Å². The smallest absolute Gasteiger partial charge is 0.227 e. The third kappa shape index (κ3) is 2.98. The lowest BCUT2D eigenvalue weighted by molar-refractivity contribution is -0.138. The summed E-state index contributed by atoms with van der Waals surface area (Å²) in [5, 5.41) is 1.74. The molecule has 1 unspecified atom stereocenters. The molecular weight excluding hydrogens is 346 g/mol. The van der Waals surface area contributed by atoms with Crippen LogP contribution < -0.4 is 4.90 Å². The molecule has 0 spiro atoms. The molecule has 0 aliphatic carbocycles. The van der Waals surface area contributed by atoms with Crippen LogP contribution in [0, 0.1) is 12.8 Å². The second-order valence-electron chi connectivity index (χ2n) is 6.44. The molecule has 1 atom stereocenters. The number of thiazole rings is 1. The number of halogens is 1. The number of hydrogen-bond donors (Lipinski definition) is 0. The number of hydrogen-bond acceptors (Lipinski definition) is 5. The molecule has 0 radical (unpaired) electrons. The number of fused-ring (bicyclic) bond motifs is 1. The maximum absolute atomic E-state index is 12.7. The summed E-state index contributed by atoms with van der Waals surface area (Å²) in [5.41, 5.74) is 2.11. The highest BCUT2D eigenvalue weighted by Crippen LogP contribution is 2.35. The van der Waals surface area contributed by atoms with E-state index in [1.165, 1.54) is 0 Å². The molecule has 4 rings (SSSR count). The van der Waals surface area contributed by atoms with Crippen LogP contribution in [0.25, 0.3) is 10.2 Å². The molecule has 2 fully saturated rings. The average molecular weight is 366 g/mol. The molecule has 0 bridgehead atoms. The van der Waals surface area contributed by atoms with Crippen molar-refractivity contribution in [3.8, 4) is 0 Å². The maximum atomic E-state index is 12.7. The molecule has 1 amide bonds. The van der Waals surface area contributed by atoms with Gasteiger partial charge in [-0.05, 0) is 31.0 Å². The van der Waals surface area contributed by atoms with Gasteiger partial charge in [0.1, 0.15) is 0 Å². The van der Waals surface area contributed by atoms with Crippen molar-refractivity contribution in [1.29, 1.82) is 0 Å². The van der Waals surface area contributed by atoms with Gasteiger partial charge in [0.2, 0.25) is 5.91 Å². The van der Waals surface area contributed by atoms with E-state index in [0.29, 0.717) is 26.3 Å². The highest BCUT2D eigenvalue weighted by molar-refractivity contribution is 7.22. The third-order valence-electron chi connectivity index (χ3n) is 4.77. The number of anilines is 1. The number of carbonyl (C=O) groups excluding carboxylic acids is 1. The van der Waals surface area contributed by atoms with Crippen molar-refractivity contribution in [2.24, 2.45) is 5.92 Å². The number of ether oxygens (including phenoxy) is 1. The maximum Gasteiger partial charge on any atom is 0.227 e. The highest BCUT2D eigenvalue weighted by Gasteiger charge is 2.33. The summed E-state index contributed by atoms with van der Waals surface area (Å²) < 4.78 is 6.44. The number of benzene rings is 1. The lowest BCUT2D eigenvalue weighted by Crippen LogP contribution is -2.44. The Morgan fingerprint density at radius 2 is 2.12 bits per heavy atom. The van der Waals surface area contributed by atoms with E-state index in [-0.39, 0.29) is 11.8 Å². The molecule has 1 aromatic heterocycles. The Morgan fingerprint density at radius 1 is 1.33 bits per heavy atom. The molecule has 0 saturated carbocycles. The van der Waals surface area contributed by atoms with E-state index < -0.39 is 0 Å². The summed E-state index contributed by atoms with van der Waals surface area (Å²) in [4.78, 5) is 21.6. The van der Waals surface area contributed by atoms with Crippen molar-refractivity contribution >= 4 is 44.2 Å². The quantitative estimate of drug-likeness (QED) is 0.820. The van der Waals surface area contributed by atoms with Crippen molar-refractivity contribution in [1.82, 2.24) is 9.88 Å². The van der Waals surface area contributed by atoms with Gasteiger partial charge >= 0.3 is 0 Å². The normalized spacial score (nSPS) is 21.7. The topological polar surface area (TPSA) is 45.7 Å². The van der Waals surface area contributed by atoms with Crippen LogP contribution in [-0.4, -0.2) is 55.2 Å². The van der Waals surface area contributed by atoms with E-state index in [9.17, 15) is 4.79 Å². The zero-order chi connectivity index (χ0) is 16.7. The first-order valence-electron chi connectivity index (χ1n) is 8.30. The van der Waals surface area contributed by atoms with Crippen LogP contribution in [0.5, 0.6) is 0 Å². The monoisotopic (exact) mass is 365 g/mol. The van der Waals surface area contributed by atoms with Crippen LogP contribution in [0.3, 0.4) is 0 Å². The number of carbonyl (C=O) groups is 1. The van der Waals surface area contributed by atoms with Crippen LogP contribution in [0.2, 0.25) is 5.02 Å². The molecule has 2 aliphatic heterocycles. The van der Waals surface area contributed by atoms with E-state index in [4.69, 9.17) is 21.3 Å². The molecular formula is C17H20ClN3O2S. The van der Waals surface area contributed by atoms with Crippen molar-refractivity contribution in [2.75, 3.05) is 44.3 Å². The fourth-order valence-corrected chi connectivity index (χ4v) is 4.91. The first-order valence-corrected chi connectivity index (χ1v) is 9.49. The molecule has 3 heterocycles. The standard InChI is InChI=1S/C17H20ClN3O2S/c1-11-8-13(18)9-14-15(11)19-17(24-14)21-3-2-12(10-21)16(22)20-4-6-23-7-5-20/h8-9,12H,2-7,10H2,1H3. The second kappa shape index (κ2) is 6.50. The summed E-state index contributed by atoms with van der Waals surface area (Å²) in [7, 11) is 0. The molecule has 2 saturated heterocycles. The van der Waals surface area contributed by atoms with Crippen molar-refractivity contribution < 1.29 is 9.53 Å². The van der Waals surface area contributed by atoms with Crippen molar-refractivity contribution in [3.63, 3.8) is 0 Å². The SMILES string of the molecule is Cc1cc(Cl)cc2sc(N3CCC(C(=O)N4CCOCC4)C3)nc12. The molecule has 24 heavy (non-hydrogen) atoms. The first-order chi connectivity index (χ1) is 11.6. The van der Waals surface area contributed by atoms with E-state index in [1.54, 1.807) is 11.3 Å². The second-order valence-corrected chi connectivity index (χ2v) is 7.88. The van der Waals surface area contributed by atoms with E-state index in [2.05, 4.69) is 4.90 Å². The Bertz CT molecular complexity index is 773. The largest absolute Gasteiger partial charge is 0.378 e. The van der Waals surface area contributed by atoms with E-state index in [0.717, 1.165) is 45.4 Å². The van der Waals surface area contributed by atoms with Gasteiger partial charge in [-0.15, -0.1) is 0 Å². The Morgan fingerprint density at radius 3 is 2.92 bits per heavy atom. The van der Waals surface area contributed by atoms with E-state index in [1.807, 2.05) is 24.0 Å². The van der Waals surface area contributed by atoms with Crippen molar-refractivity contribution in [3.05, 3.63) is 22.7 Å². The van der Waals surface area contributed by atoms with Crippen LogP contribution in [0.4, 0.5) is 5.13 Å². The fraction of sp³-hybridized carbons (Fsp3) is 0.529.